The summed E-state index contributed by atoms with van der Waals surface area (Å²) in [7, 11) is 0. The van der Waals surface area contributed by atoms with Crippen molar-refractivity contribution in [3.05, 3.63) is 53.2 Å². The van der Waals surface area contributed by atoms with Crippen LogP contribution in [-0.4, -0.2) is 75.4 Å². The van der Waals surface area contributed by atoms with Gasteiger partial charge in [-0.05, 0) is 60.7 Å². The molecule has 3 fully saturated rings. The summed E-state index contributed by atoms with van der Waals surface area (Å²) in [5, 5.41) is 15.1. The van der Waals surface area contributed by atoms with Crippen molar-refractivity contribution >= 4 is 16.9 Å². The molecule has 4 aliphatic heterocycles. The number of fused-ring (bicyclic) bond motifs is 2. The molecule has 9 heteroatoms. The second-order valence-electron chi connectivity index (χ2n) is 11.2. The first-order valence-corrected chi connectivity index (χ1v) is 13.8. The number of alkyl halides is 1. The van der Waals surface area contributed by atoms with Crippen LogP contribution in [0.2, 0.25) is 0 Å². The standard InChI is InChI=1S/C29H34FN5O3/c30-12-21-2-1-8-33(21)14-20-11-26(32-28-24(20)7-9-34(28)23-16-38-17-23)18-3-5-25-19(10-18)15-35(29(25)37)22-4-6-27(36)31-13-22/h3,5,7,9-11,21-23,29,37H,1-2,4,6,8,12-17H2,(H,31,36). The number of ether oxygens (including phenoxy) is 1. The van der Waals surface area contributed by atoms with Crippen LogP contribution in [0.5, 0.6) is 0 Å². The highest BCUT2D eigenvalue weighted by atomic mass is 19.1. The Kier molecular flexibility index (Phi) is 6.19. The lowest BCUT2D eigenvalue weighted by atomic mass is 10.0. The summed E-state index contributed by atoms with van der Waals surface area (Å²) >= 11 is 0. The Hall–Kier alpha value is -2.85. The van der Waals surface area contributed by atoms with Crippen LogP contribution in [0, 0.1) is 0 Å². The molecule has 0 aliphatic carbocycles. The lowest BCUT2D eigenvalue weighted by molar-refractivity contribution is -0.124. The van der Waals surface area contributed by atoms with Crippen LogP contribution in [0.4, 0.5) is 4.39 Å². The fourth-order valence-electron chi connectivity index (χ4n) is 6.60. The zero-order valence-electron chi connectivity index (χ0n) is 21.5. The summed E-state index contributed by atoms with van der Waals surface area (Å²) in [5.41, 5.74) is 6.04. The van der Waals surface area contributed by atoms with Crippen molar-refractivity contribution in [3.8, 4) is 11.3 Å². The molecule has 3 saturated heterocycles. The van der Waals surface area contributed by atoms with E-state index in [1.807, 2.05) is 12.1 Å². The molecule has 4 aliphatic rings. The third kappa shape index (κ3) is 4.12. The third-order valence-electron chi connectivity index (χ3n) is 8.93. The Morgan fingerprint density at radius 2 is 2.05 bits per heavy atom. The van der Waals surface area contributed by atoms with Gasteiger partial charge in [0.25, 0.3) is 0 Å². The van der Waals surface area contributed by atoms with Gasteiger partial charge in [-0.2, -0.15) is 0 Å². The SMILES string of the molecule is O=C1CCC(N2Cc3cc(-c4cc(CN5CCCC5CF)c5ccn(C6COC6)c5n4)ccc3C2O)CN1. The molecule has 0 radical (unpaired) electrons. The molecular formula is C29H34FN5O3. The van der Waals surface area contributed by atoms with Gasteiger partial charge in [0.15, 0.2) is 0 Å². The van der Waals surface area contributed by atoms with Gasteiger partial charge in [-0.1, -0.05) is 12.1 Å². The van der Waals surface area contributed by atoms with Gasteiger partial charge in [0, 0.05) is 55.3 Å². The summed E-state index contributed by atoms with van der Waals surface area (Å²) in [4.78, 5) is 21.1. The summed E-state index contributed by atoms with van der Waals surface area (Å²) in [5.74, 6) is 0.0805. The molecule has 0 bridgehead atoms. The number of pyridine rings is 1. The predicted molar refractivity (Wildman–Crippen MR) is 141 cm³/mol. The topological polar surface area (TPSA) is 82.9 Å². The minimum atomic E-state index is -0.672. The fourth-order valence-corrected chi connectivity index (χ4v) is 6.60. The van der Waals surface area contributed by atoms with Crippen LogP contribution in [0.3, 0.4) is 0 Å². The van der Waals surface area contributed by atoms with Crippen molar-refractivity contribution < 1.29 is 19.0 Å². The maximum absolute atomic E-state index is 13.7. The number of aliphatic hydroxyl groups excluding tert-OH is 1. The molecule has 2 N–H and O–H groups in total. The number of piperidine rings is 1. The number of aliphatic hydroxyl groups is 1. The van der Waals surface area contributed by atoms with E-state index in [-0.39, 0.29) is 30.7 Å². The van der Waals surface area contributed by atoms with Gasteiger partial charge in [-0.15, -0.1) is 0 Å². The van der Waals surface area contributed by atoms with Gasteiger partial charge in [-0.25, -0.2) is 9.37 Å². The lowest BCUT2D eigenvalue weighted by Gasteiger charge is -2.33. The van der Waals surface area contributed by atoms with Gasteiger partial charge >= 0.3 is 0 Å². The number of carbonyl (C=O) groups is 1. The van der Waals surface area contributed by atoms with Crippen LogP contribution < -0.4 is 5.32 Å². The van der Waals surface area contributed by atoms with Crippen molar-refractivity contribution in [2.24, 2.45) is 0 Å². The van der Waals surface area contributed by atoms with Gasteiger partial charge in [-0.3, -0.25) is 14.6 Å². The normalized spacial score (nSPS) is 26.6. The maximum atomic E-state index is 13.7. The van der Waals surface area contributed by atoms with E-state index in [2.05, 4.69) is 44.1 Å². The number of benzene rings is 1. The first kappa shape index (κ1) is 24.2. The van der Waals surface area contributed by atoms with Crippen LogP contribution in [0.1, 0.15) is 54.6 Å². The number of likely N-dealkylation sites (tertiary alicyclic amines) is 1. The van der Waals surface area contributed by atoms with Gasteiger partial charge in [0.05, 0.1) is 24.9 Å². The molecule has 3 aromatic rings. The number of halogens is 1. The molecule has 1 aromatic carbocycles. The minimum Gasteiger partial charge on any atom is -0.377 e. The van der Waals surface area contributed by atoms with E-state index in [1.165, 1.54) is 5.56 Å². The Bertz CT molecular complexity index is 1360. The average molecular weight is 520 g/mol. The van der Waals surface area contributed by atoms with Crippen molar-refractivity contribution in [3.63, 3.8) is 0 Å². The van der Waals surface area contributed by atoms with E-state index < -0.39 is 6.23 Å². The zero-order chi connectivity index (χ0) is 25.8. The van der Waals surface area contributed by atoms with Crippen LogP contribution in [-0.2, 0) is 22.6 Å². The predicted octanol–water partition coefficient (Wildman–Crippen LogP) is 3.29. The summed E-state index contributed by atoms with van der Waals surface area (Å²) in [6, 6.07) is 10.9. The Morgan fingerprint density at radius 3 is 2.82 bits per heavy atom. The van der Waals surface area contributed by atoms with Crippen molar-refractivity contribution in [2.45, 2.75) is 63.1 Å². The minimum absolute atomic E-state index is 0.0131. The highest BCUT2D eigenvalue weighted by Gasteiger charge is 2.35. The summed E-state index contributed by atoms with van der Waals surface area (Å²) in [6.07, 6.45) is 4.62. The van der Waals surface area contributed by atoms with Gasteiger partial charge in [0.2, 0.25) is 5.91 Å². The molecule has 200 valence electrons. The van der Waals surface area contributed by atoms with E-state index in [0.717, 1.165) is 59.2 Å². The van der Waals surface area contributed by atoms with Crippen molar-refractivity contribution in [1.29, 1.82) is 0 Å². The molecular weight excluding hydrogens is 485 g/mol. The molecule has 8 nitrogen and oxygen atoms in total. The molecule has 38 heavy (non-hydrogen) atoms. The monoisotopic (exact) mass is 519 g/mol. The number of carbonyl (C=O) groups excluding carboxylic acids is 1. The number of rotatable bonds is 6. The largest absolute Gasteiger partial charge is 0.377 e. The molecule has 7 rings (SSSR count). The van der Waals surface area contributed by atoms with Crippen LogP contribution in [0.25, 0.3) is 22.3 Å². The maximum Gasteiger partial charge on any atom is 0.220 e. The van der Waals surface area contributed by atoms with Gasteiger partial charge in [0.1, 0.15) is 18.5 Å². The molecule has 0 spiro atoms. The van der Waals surface area contributed by atoms with E-state index in [4.69, 9.17) is 9.72 Å². The first-order chi connectivity index (χ1) is 18.6. The Morgan fingerprint density at radius 1 is 1.16 bits per heavy atom. The molecule has 2 aromatic heterocycles. The smallest absolute Gasteiger partial charge is 0.220 e. The summed E-state index contributed by atoms with van der Waals surface area (Å²) < 4.78 is 21.4. The van der Waals surface area contributed by atoms with E-state index in [1.54, 1.807) is 0 Å². The first-order valence-electron chi connectivity index (χ1n) is 13.8. The highest BCUT2D eigenvalue weighted by molar-refractivity contribution is 5.84. The molecule has 6 heterocycles. The van der Waals surface area contributed by atoms with Crippen LogP contribution >= 0.6 is 0 Å². The second-order valence-corrected chi connectivity index (χ2v) is 11.2. The summed E-state index contributed by atoms with van der Waals surface area (Å²) in [6.45, 7) is 3.90. The number of amides is 1. The third-order valence-corrected chi connectivity index (χ3v) is 8.93. The molecule has 3 atom stereocenters. The number of hydrogen-bond acceptors (Lipinski definition) is 6. The number of hydrogen-bond donors (Lipinski definition) is 2. The molecule has 3 unspecified atom stereocenters. The Labute approximate surface area is 221 Å². The number of nitrogens with zero attached hydrogens (tertiary/aromatic N) is 4. The Balaban J connectivity index is 1.24. The van der Waals surface area contributed by atoms with Crippen LogP contribution in [0.15, 0.2) is 36.5 Å². The van der Waals surface area contributed by atoms with Crippen molar-refractivity contribution in [2.75, 3.05) is 33.0 Å². The van der Waals surface area contributed by atoms with E-state index in [9.17, 15) is 14.3 Å². The quantitative estimate of drug-likeness (QED) is 0.520. The average Bonchev–Trinajstić information content (AvgIpc) is 3.61. The number of aromatic nitrogens is 2. The van der Waals surface area contributed by atoms with Crippen molar-refractivity contribution in [1.82, 2.24) is 24.7 Å². The molecule has 1 amide bonds. The van der Waals surface area contributed by atoms with E-state index in [0.29, 0.717) is 39.3 Å². The highest BCUT2D eigenvalue weighted by Crippen LogP contribution is 2.38. The van der Waals surface area contributed by atoms with Gasteiger partial charge < -0.3 is 19.7 Å². The molecule has 0 saturated carbocycles. The zero-order valence-corrected chi connectivity index (χ0v) is 21.5. The number of nitrogens with one attached hydrogen (secondary N) is 1. The fraction of sp³-hybridized carbons (Fsp3) is 0.517. The van der Waals surface area contributed by atoms with E-state index >= 15 is 0 Å². The second kappa shape index (κ2) is 9.72. The lowest BCUT2D eigenvalue weighted by Crippen LogP contribution is -2.47.